The Labute approximate surface area is 187 Å². The zero-order valence-electron chi connectivity index (χ0n) is 17.4. The third-order valence-corrected chi connectivity index (χ3v) is 6.17. The normalized spacial score (nSPS) is 14.9. The van der Waals surface area contributed by atoms with Gasteiger partial charge in [0.05, 0.1) is 27.0 Å². The first kappa shape index (κ1) is 20.2. The van der Waals surface area contributed by atoms with E-state index in [0.29, 0.717) is 39.4 Å². The first-order valence-electron chi connectivity index (χ1n) is 9.91. The average Bonchev–Trinajstić information content (AvgIpc) is 3.51. The number of hydrogen-bond acceptors (Lipinski definition) is 8. The largest absolute Gasteiger partial charge is 0.495 e. The number of aromatic nitrogens is 1. The molecule has 8 nitrogen and oxygen atoms in total. The van der Waals surface area contributed by atoms with Crippen LogP contribution in [0.5, 0.6) is 23.0 Å². The Balaban J connectivity index is 1.54. The summed E-state index contributed by atoms with van der Waals surface area (Å²) in [4.78, 5) is 19.9. The van der Waals surface area contributed by atoms with Crippen molar-refractivity contribution in [2.75, 3.05) is 25.7 Å². The van der Waals surface area contributed by atoms with Gasteiger partial charge in [0.25, 0.3) is 5.91 Å². The molecule has 2 aromatic heterocycles. The molecule has 32 heavy (non-hydrogen) atoms. The topological polar surface area (TPSA) is 83.3 Å². The molecule has 2 aromatic carbocycles. The molecule has 0 spiro atoms. The van der Waals surface area contributed by atoms with Gasteiger partial charge >= 0.3 is 0 Å². The van der Waals surface area contributed by atoms with E-state index in [-0.39, 0.29) is 19.1 Å². The summed E-state index contributed by atoms with van der Waals surface area (Å²) in [6, 6.07) is 14.5. The minimum Gasteiger partial charge on any atom is -0.495 e. The highest BCUT2D eigenvalue weighted by atomic mass is 32.1. The molecule has 1 aliphatic heterocycles. The second-order valence-corrected chi connectivity index (χ2v) is 7.99. The van der Waals surface area contributed by atoms with Gasteiger partial charge in [0.2, 0.25) is 6.10 Å². The molecule has 164 valence electrons. The highest BCUT2D eigenvalue weighted by Crippen LogP contribution is 2.41. The lowest BCUT2D eigenvalue weighted by Crippen LogP contribution is -2.46. The highest BCUT2D eigenvalue weighted by Gasteiger charge is 2.34. The fourth-order valence-electron chi connectivity index (χ4n) is 3.50. The van der Waals surface area contributed by atoms with Crippen LogP contribution in [0, 0.1) is 0 Å². The fourth-order valence-corrected chi connectivity index (χ4v) is 4.58. The van der Waals surface area contributed by atoms with Crippen molar-refractivity contribution in [2.24, 2.45) is 0 Å². The van der Waals surface area contributed by atoms with E-state index in [1.165, 1.54) is 11.3 Å². The number of benzene rings is 2. The molecule has 5 rings (SSSR count). The van der Waals surface area contributed by atoms with E-state index < -0.39 is 6.10 Å². The van der Waals surface area contributed by atoms with E-state index >= 15 is 0 Å². The van der Waals surface area contributed by atoms with Crippen molar-refractivity contribution < 1.29 is 28.2 Å². The van der Waals surface area contributed by atoms with Gasteiger partial charge in [0.15, 0.2) is 16.6 Å². The van der Waals surface area contributed by atoms with E-state index in [4.69, 9.17) is 28.3 Å². The number of thiazole rings is 1. The zero-order chi connectivity index (χ0) is 22.1. The Morgan fingerprint density at radius 3 is 2.62 bits per heavy atom. The van der Waals surface area contributed by atoms with Crippen molar-refractivity contribution in [1.29, 1.82) is 0 Å². The highest BCUT2D eigenvalue weighted by molar-refractivity contribution is 7.22. The Bertz CT molecular complexity index is 1210. The Kier molecular flexibility index (Phi) is 5.32. The molecule has 3 heterocycles. The number of anilines is 1. The number of ether oxygens (including phenoxy) is 4. The minimum absolute atomic E-state index is 0.0992. The fraction of sp³-hybridized carbons (Fsp3) is 0.217. The van der Waals surface area contributed by atoms with E-state index in [0.717, 1.165) is 4.70 Å². The molecule has 0 saturated carbocycles. The van der Waals surface area contributed by atoms with Crippen LogP contribution in [0.25, 0.3) is 10.2 Å². The molecule has 9 heteroatoms. The number of rotatable bonds is 6. The second-order valence-electron chi connectivity index (χ2n) is 7.01. The molecule has 1 amide bonds. The summed E-state index contributed by atoms with van der Waals surface area (Å²) in [7, 11) is 3.17. The molecule has 1 aliphatic rings. The summed E-state index contributed by atoms with van der Waals surface area (Å²) in [5.41, 5.74) is 0.621. The summed E-state index contributed by atoms with van der Waals surface area (Å²) in [6.07, 6.45) is 0.745. The van der Waals surface area contributed by atoms with Gasteiger partial charge in [-0.3, -0.25) is 9.69 Å². The van der Waals surface area contributed by atoms with Crippen molar-refractivity contribution in [3.8, 4) is 23.0 Å². The Morgan fingerprint density at radius 2 is 1.88 bits per heavy atom. The number of furan rings is 1. The number of hydrogen-bond donors (Lipinski definition) is 0. The third kappa shape index (κ3) is 3.60. The van der Waals surface area contributed by atoms with Crippen LogP contribution in [0.15, 0.2) is 59.2 Å². The van der Waals surface area contributed by atoms with Crippen LogP contribution >= 0.6 is 11.3 Å². The van der Waals surface area contributed by atoms with Gasteiger partial charge < -0.3 is 23.4 Å². The molecule has 0 radical (unpaired) electrons. The number of para-hydroxylation sites is 2. The molecule has 0 saturated heterocycles. The lowest BCUT2D eigenvalue weighted by Gasteiger charge is -2.29. The summed E-state index contributed by atoms with van der Waals surface area (Å²) in [5, 5.41) is 0.478. The maximum atomic E-state index is 13.6. The number of fused-ring (bicyclic) bond motifs is 2. The standard InChI is InChI=1S/C23H20N2O6S/c1-27-17-9-10-18(28-2)21-20(17)24-23(32-21)25(12-14-6-5-11-29-14)22(26)19-13-30-15-7-3-4-8-16(15)31-19/h3-11,19H,12-13H2,1-2H3. The first-order valence-corrected chi connectivity index (χ1v) is 10.7. The molecule has 0 aliphatic carbocycles. The predicted molar refractivity (Wildman–Crippen MR) is 119 cm³/mol. The van der Waals surface area contributed by atoms with E-state index in [1.54, 1.807) is 43.6 Å². The van der Waals surface area contributed by atoms with Crippen LogP contribution in [0.1, 0.15) is 5.76 Å². The van der Waals surface area contributed by atoms with Gasteiger partial charge in [0.1, 0.15) is 34.1 Å². The molecule has 4 aromatic rings. The average molecular weight is 452 g/mol. The van der Waals surface area contributed by atoms with Crippen LogP contribution in [-0.4, -0.2) is 37.8 Å². The Hall–Kier alpha value is -3.72. The van der Waals surface area contributed by atoms with Gasteiger partial charge in [-0.25, -0.2) is 4.98 Å². The first-order chi connectivity index (χ1) is 15.7. The van der Waals surface area contributed by atoms with Crippen molar-refractivity contribution in [3.63, 3.8) is 0 Å². The SMILES string of the molecule is COc1ccc(OC)c2sc(N(Cc3ccco3)C(=O)C3COc4ccccc4O3)nc12. The van der Waals surface area contributed by atoms with Crippen LogP contribution < -0.4 is 23.8 Å². The van der Waals surface area contributed by atoms with Gasteiger partial charge in [-0.15, -0.1) is 0 Å². The predicted octanol–water partition coefficient (Wildman–Crippen LogP) is 4.28. The number of carbonyl (C=O) groups excluding carboxylic acids is 1. The third-order valence-electron chi connectivity index (χ3n) is 5.07. The lowest BCUT2D eigenvalue weighted by molar-refractivity contribution is -0.127. The van der Waals surface area contributed by atoms with Gasteiger partial charge in [-0.05, 0) is 36.4 Å². The molecule has 1 unspecified atom stereocenters. The molecule has 1 atom stereocenters. The van der Waals surface area contributed by atoms with Crippen LogP contribution in [0.3, 0.4) is 0 Å². The van der Waals surface area contributed by atoms with Crippen LogP contribution in [0.4, 0.5) is 5.13 Å². The Morgan fingerprint density at radius 1 is 1.09 bits per heavy atom. The summed E-state index contributed by atoms with van der Waals surface area (Å²) < 4.78 is 29.0. The summed E-state index contributed by atoms with van der Waals surface area (Å²) in [6.45, 7) is 0.291. The smallest absolute Gasteiger partial charge is 0.273 e. The monoisotopic (exact) mass is 452 g/mol. The zero-order valence-corrected chi connectivity index (χ0v) is 18.3. The second kappa shape index (κ2) is 8.43. The quantitative estimate of drug-likeness (QED) is 0.432. The molecule has 0 N–H and O–H groups in total. The summed E-state index contributed by atoms with van der Waals surface area (Å²) >= 11 is 1.34. The lowest BCUT2D eigenvalue weighted by atomic mass is 10.2. The van der Waals surface area contributed by atoms with E-state index in [2.05, 4.69) is 0 Å². The number of amides is 1. The molecular formula is C23H20N2O6S. The molecular weight excluding hydrogens is 432 g/mol. The number of methoxy groups -OCH3 is 2. The maximum Gasteiger partial charge on any atom is 0.273 e. The number of nitrogens with zero attached hydrogens (tertiary/aromatic N) is 2. The van der Waals surface area contributed by atoms with E-state index in [9.17, 15) is 4.79 Å². The molecule has 0 bridgehead atoms. The van der Waals surface area contributed by atoms with Crippen molar-refractivity contribution >= 4 is 32.6 Å². The van der Waals surface area contributed by atoms with E-state index in [1.807, 2.05) is 30.3 Å². The van der Waals surface area contributed by atoms with Gasteiger partial charge in [0, 0.05) is 0 Å². The van der Waals surface area contributed by atoms with Crippen LogP contribution in [0.2, 0.25) is 0 Å². The van der Waals surface area contributed by atoms with Crippen molar-refractivity contribution in [2.45, 2.75) is 12.6 Å². The van der Waals surface area contributed by atoms with Crippen molar-refractivity contribution in [3.05, 3.63) is 60.6 Å². The van der Waals surface area contributed by atoms with Crippen molar-refractivity contribution in [1.82, 2.24) is 4.98 Å². The van der Waals surface area contributed by atoms with Crippen LogP contribution in [-0.2, 0) is 11.3 Å². The maximum absolute atomic E-state index is 13.6. The van der Waals surface area contributed by atoms with Gasteiger partial charge in [-0.1, -0.05) is 23.5 Å². The minimum atomic E-state index is -0.823. The molecule has 0 fully saturated rings. The van der Waals surface area contributed by atoms with Gasteiger partial charge in [-0.2, -0.15) is 0 Å². The summed E-state index contributed by atoms with van der Waals surface area (Å²) in [5.74, 6) is 2.73. The number of carbonyl (C=O) groups is 1.